The summed E-state index contributed by atoms with van der Waals surface area (Å²) in [6.45, 7) is 1.60. The molecule has 0 spiro atoms. The van der Waals surface area contributed by atoms with Gasteiger partial charge in [-0.05, 0) is 18.2 Å². The summed E-state index contributed by atoms with van der Waals surface area (Å²) >= 11 is 6.50. The van der Waals surface area contributed by atoms with Gasteiger partial charge in [0.2, 0.25) is 6.29 Å². The fourth-order valence-corrected chi connectivity index (χ4v) is 3.93. The smallest absolute Gasteiger partial charge is 0.446 e. The number of ether oxygens (including phenoxy) is 2. The predicted molar refractivity (Wildman–Crippen MR) is 117 cm³/mol. The zero-order valence-corrected chi connectivity index (χ0v) is 19.2. The summed E-state index contributed by atoms with van der Waals surface area (Å²) in [7, 11) is -0.313. The number of carbonyl (C=O) groups excluding carboxylic acids is 1. The Balaban J connectivity index is 0.000000569. The Morgan fingerprint density at radius 3 is 2.36 bits per heavy atom. The van der Waals surface area contributed by atoms with Gasteiger partial charge in [0.15, 0.2) is 21.3 Å². The Labute approximate surface area is 192 Å². The molecule has 0 saturated heterocycles. The Morgan fingerprint density at radius 1 is 1.15 bits per heavy atom. The SMILES string of the molecule is CCS(=O)(=O)c1cccc(Nc2ncnc3cc(OC)c(OC)c(Cl)c23)c1.O=CC(F)(F)F. The van der Waals surface area contributed by atoms with E-state index < -0.39 is 22.3 Å². The summed E-state index contributed by atoms with van der Waals surface area (Å²) < 4.78 is 66.1. The molecule has 0 amide bonds. The van der Waals surface area contributed by atoms with Gasteiger partial charge < -0.3 is 14.8 Å². The fraction of sp³-hybridized carbons (Fsp3) is 0.250. The molecule has 2 aromatic carbocycles. The maximum atomic E-state index is 12.1. The number of sulfone groups is 1. The number of benzene rings is 2. The number of fused-ring (bicyclic) bond motifs is 1. The minimum Gasteiger partial charge on any atom is -0.493 e. The number of nitrogens with zero attached hydrogens (tertiary/aromatic N) is 2. The summed E-state index contributed by atoms with van der Waals surface area (Å²) in [5, 5.41) is 3.96. The summed E-state index contributed by atoms with van der Waals surface area (Å²) in [5.74, 6) is 1.27. The summed E-state index contributed by atoms with van der Waals surface area (Å²) in [5.41, 5.74) is 1.13. The van der Waals surface area contributed by atoms with Gasteiger partial charge >= 0.3 is 6.18 Å². The third-order valence-corrected chi connectivity index (χ3v) is 6.27. The van der Waals surface area contributed by atoms with Crippen LogP contribution in [0.1, 0.15) is 6.92 Å². The minimum atomic E-state index is -4.64. The highest BCUT2D eigenvalue weighted by Crippen LogP contribution is 2.42. The van der Waals surface area contributed by atoms with Crippen molar-refractivity contribution in [1.29, 1.82) is 0 Å². The summed E-state index contributed by atoms with van der Waals surface area (Å²) in [6, 6.07) is 8.23. The van der Waals surface area contributed by atoms with E-state index >= 15 is 0 Å². The van der Waals surface area contributed by atoms with Gasteiger partial charge in [-0.2, -0.15) is 13.2 Å². The van der Waals surface area contributed by atoms with E-state index in [1.165, 1.54) is 20.5 Å². The van der Waals surface area contributed by atoms with Gasteiger partial charge in [-0.1, -0.05) is 24.6 Å². The monoisotopic (exact) mass is 505 g/mol. The third-order valence-electron chi connectivity index (χ3n) is 4.18. The molecule has 0 radical (unpaired) electrons. The van der Waals surface area contributed by atoms with Crippen LogP contribution < -0.4 is 14.8 Å². The van der Waals surface area contributed by atoms with Gasteiger partial charge in [-0.15, -0.1) is 0 Å². The maximum absolute atomic E-state index is 12.1. The Bertz CT molecular complexity index is 1250. The number of methoxy groups -OCH3 is 2. The second-order valence-electron chi connectivity index (χ2n) is 6.26. The molecule has 0 aliphatic heterocycles. The lowest BCUT2D eigenvalue weighted by Gasteiger charge is -2.14. The molecule has 1 aromatic heterocycles. The first kappa shape index (κ1) is 26.1. The van der Waals surface area contributed by atoms with Crippen LogP contribution >= 0.6 is 11.6 Å². The van der Waals surface area contributed by atoms with E-state index in [0.29, 0.717) is 38.9 Å². The van der Waals surface area contributed by atoms with Crippen molar-refractivity contribution >= 4 is 50.1 Å². The lowest BCUT2D eigenvalue weighted by Crippen LogP contribution is -2.07. The highest BCUT2D eigenvalue weighted by molar-refractivity contribution is 7.91. The number of hydrogen-bond acceptors (Lipinski definition) is 8. The van der Waals surface area contributed by atoms with Gasteiger partial charge in [0.05, 0.1) is 40.8 Å². The van der Waals surface area contributed by atoms with Crippen molar-refractivity contribution in [2.75, 3.05) is 25.3 Å². The average Bonchev–Trinajstić information content (AvgIpc) is 2.79. The molecular formula is C20H19ClF3N3O5S. The highest BCUT2D eigenvalue weighted by atomic mass is 35.5. The summed E-state index contributed by atoms with van der Waals surface area (Å²) in [6.07, 6.45) is -4.31. The lowest BCUT2D eigenvalue weighted by molar-refractivity contribution is -0.156. The van der Waals surface area contributed by atoms with Crippen LogP contribution in [0.4, 0.5) is 24.7 Å². The first-order valence-corrected chi connectivity index (χ1v) is 11.2. The Hall–Kier alpha value is -3.12. The van der Waals surface area contributed by atoms with Crippen LogP contribution in [0.15, 0.2) is 41.6 Å². The van der Waals surface area contributed by atoms with E-state index in [1.807, 2.05) is 0 Å². The number of aldehydes is 1. The predicted octanol–water partition coefficient (Wildman–Crippen LogP) is 4.59. The van der Waals surface area contributed by atoms with Gasteiger partial charge in [0.1, 0.15) is 12.1 Å². The molecule has 178 valence electrons. The molecule has 1 N–H and O–H groups in total. The molecule has 0 aliphatic rings. The first-order chi connectivity index (χ1) is 15.5. The van der Waals surface area contributed by atoms with E-state index in [2.05, 4.69) is 15.3 Å². The number of nitrogens with one attached hydrogen (secondary N) is 1. The van der Waals surface area contributed by atoms with Gasteiger partial charge in [-0.3, -0.25) is 4.79 Å². The van der Waals surface area contributed by atoms with Crippen molar-refractivity contribution in [3.05, 3.63) is 41.7 Å². The van der Waals surface area contributed by atoms with Crippen LogP contribution in [-0.4, -0.2) is 50.8 Å². The molecule has 3 aromatic rings. The molecule has 0 atom stereocenters. The third kappa shape index (κ3) is 6.45. The van der Waals surface area contributed by atoms with Crippen LogP contribution in [0.5, 0.6) is 11.5 Å². The van der Waals surface area contributed by atoms with Gasteiger partial charge in [-0.25, -0.2) is 18.4 Å². The van der Waals surface area contributed by atoms with E-state index in [9.17, 15) is 21.6 Å². The van der Waals surface area contributed by atoms with Crippen molar-refractivity contribution in [2.45, 2.75) is 18.0 Å². The number of halogens is 4. The number of rotatable bonds is 6. The van der Waals surface area contributed by atoms with Gasteiger partial charge in [0, 0.05) is 11.8 Å². The van der Waals surface area contributed by atoms with Crippen molar-refractivity contribution in [1.82, 2.24) is 9.97 Å². The molecule has 1 heterocycles. The second kappa shape index (κ2) is 10.7. The van der Waals surface area contributed by atoms with E-state index in [4.69, 9.17) is 25.9 Å². The molecule has 33 heavy (non-hydrogen) atoms. The average molecular weight is 506 g/mol. The molecule has 0 fully saturated rings. The number of aromatic nitrogens is 2. The maximum Gasteiger partial charge on any atom is 0.446 e. The fourth-order valence-electron chi connectivity index (χ4n) is 2.64. The van der Waals surface area contributed by atoms with E-state index in [-0.39, 0.29) is 10.6 Å². The summed E-state index contributed by atoms with van der Waals surface area (Å²) in [4.78, 5) is 17.4. The van der Waals surface area contributed by atoms with Crippen molar-refractivity contribution < 1.29 is 35.9 Å². The Morgan fingerprint density at radius 2 is 1.82 bits per heavy atom. The molecule has 8 nitrogen and oxygen atoms in total. The van der Waals surface area contributed by atoms with Crippen LogP contribution in [0.25, 0.3) is 10.9 Å². The van der Waals surface area contributed by atoms with Gasteiger partial charge in [0.25, 0.3) is 0 Å². The highest BCUT2D eigenvalue weighted by Gasteiger charge is 2.25. The molecule has 0 bridgehead atoms. The van der Waals surface area contributed by atoms with Crippen LogP contribution in [0, 0.1) is 0 Å². The number of alkyl halides is 3. The minimum absolute atomic E-state index is 0.0235. The van der Waals surface area contributed by atoms with E-state index in [0.717, 1.165) is 0 Å². The zero-order valence-electron chi connectivity index (χ0n) is 17.6. The van der Waals surface area contributed by atoms with E-state index in [1.54, 1.807) is 37.3 Å². The largest absolute Gasteiger partial charge is 0.493 e. The normalized spacial score (nSPS) is 11.4. The Kier molecular flexibility index (Phi) is 8.45. The van der Waals surface area contributed by atoms with Crippen molar-refractivity contribution in [3.8, 4) is 11.5 Å². The van der Waals surface area contributed by atoms with Crippen LogP contribution in [-0.2, 0) is 14.6 Å². The molecule has 0 aliphatic carbocycles. The lowest BCUT2D eigenvalue weighted by atomic mass is 10.2. The number of hydrogen-bond donors (Lipinski definition) is 1. The molecule has 0 saturated carbocycles. The van der Waals surface area contributed by atoms with Crippen LogP contribution in [0.2, 0.25) is 5.02 Å². The quantitative estimate of drug-likeness (QED) is 0.485. The number of carbonyl (C=O) groups is 1. The zero-order chi connectivity index (χ0) is 24.8. The van der Waals surface area contributed by atoms with Crippen molar-refractivity contribution in [2.24, 2.45) is 0 Å². The molecule has 13 heteroatoms. The first-order valence-electron chi connectivity index (χ1n) is 9.15. The number of anilines is 2. The standard InChI is InChI=1S/C18H18ClN3O4S.C2HF3O/c1-4-27(23,24)12-7-5-6-11(8-12)22-18-15-13(20-10-21-18)9-14(25-2)17(26-3)16(15)19;3-2(4,5)1-6/h5-10H,4H2,1-3H3,(H,20,21,22);1H. The van der Waals surface area contributed by atoms with Crippen LogP contribution in [0.3, 0.4) is 0 Å². The van der Waals surface area contributed by atoms with Crippen molar-refractivity contribution in [3.63, 3.8) is 0 Å². The topological polar surface area (TPSA) is 107 Å². The second-order valence-corrected chi connectivity index (χ2v) is 8.91. The molecule has 0 unspecified atom stereocenters. The molecule has 3 rings (SSSR count). The molecular weight excluding hydrogens is 487 g/mol.